The Hall–Kier alpha value is -2.28. The van der Waals surface area contributed by atoms with E-state index < -0.39 is 6.04 Å². The van der Waals surface area contributed by atoms with Gasteiger partial charge >= 0.3 is 0 Å². The molecule has 3 aromatic rings. The number of ether oxygens (including phenoxy) is 1. The molecule has 0 heterocycles. The molecule has 0 aromatic heterocycles. The van der Waals surface area contributed by atoms with E-state index in [1.165, 1.54) is 4.90 Å². The van der Waals surface area contributed by atoms with Crippen molar-refractivity contribution >= 4 is 61.7 Å². The van der Waals surface area contributed by atoms with Crippen LogP contribution in [0.2, 0.25) is 10.0 Å². The van der Waals surface area contributed by atoms with Gasteiger partial charge in [0.25, 0.3) is 5.91 Å². The fourth-order valence-electron chi connectivity index (χ4n) is 4.36. The molecule has 1 aliphatic carbocycles. The van der Waals surface area contributed by atoms with Crippen molar-refractivity contribution in [1.29, 1.82) is 0 Å². The number of rotatable bonds is 8. The molecule has 8 heteroatoms. The van der Waals surface area contributed by atoms with E-state index in [4.69, 9.17) is 27.9 Å². The SMILES string of the molecule is C[C@H](C(=O)NC1CCCC1)N(Cc1ccc(Cl)c(Cl)c1)C(=O)COc1ccc2ccccc2c1Br. The van der Waals surface area contributed by atoms with Crippen LogP contribution in [-0.2, 0) is 16.1 Å². The zero-order chi connectivity index (χ0) is 24.9. The van der Waals surface area contributed by atoms with Gasteiger partial charge in [-0.25, -0.2) is 0 Å². The fraction of sp³-hybridized carbons (Fsp3) is 0.333. The van der Waals surface area contributed by atoms with Crippen LogP contribution in [0.3, 0.4) is 0 Å². The van der Waals surface area contributed by atoms with E-state index in [9.17, 15) is 9.59 Å². The predicted molar refractivity (Wildman–Crippen MR) is 144 cm³/mol. The lowest BCUT2D eigenvalue weighted by Gasteiger charge is -2.30. The van der Waals surface area contributed by atoms with Gasteiger partial charge in [0.1, 0.15) is 11.8 Å². The standard InChI is InChI=1S/C27H27BrCl2N2O3/c1-17(27(34)31-20-7-3-4-8-20)32(15-18-10-12-22(29)23(30)14-18)25(33)16-35-24-13-11-19-6-2-5-9-21(19)26(24)28/h2,5-6,9-14,17,20H,3-4,7-8,15-16H2,1H3,(H,31,34)/t17-/m1/s1. The molecule has 0 saturated heterocycles. The van der Waals surface area contributed by atoms with E-state index in [1.54, 1.807) is 25.1 Å². The Labute approximate surface area is 223 Å². The van der Waals surface area contributed by atoms with Crippen molar-refractivity contribution in [3.63, 3.8) is 0 Å². The van der Waals surface area contributed by atoms with Gasteiger partial charge in [-0.05, 0) is 70.2 Å². The van der Waals surface area contributed by atoms with Gasteiger partial charge in [0.05, 0.1) is 14.5 Å². The summed E-state index contributed by atoms with van der Waals surface area (Å²) < 4.78 is 6.70. The van der Waals surface area contributed by atoms with Crippen molar-refractivity contribution in [1.82, 2.24) is 10.2 Å². The number of halogens is 3. The number of hydrogen-bond donors (Lipinski definition) is 1. The Morgan fingerprint density at radius 1 is 1.09 bits per heavy atom. The van der Waals surface area contributed by atoms with E-state index in [1.807, 2.05) is 36.4 Å². The molecule has 1 aliphatic rings. The van der Waals surface area contributed by atoms with Gasteiger partial charge in [-0.3, -0.25) is 9.59 Å². The number of benzene rings is 3. The van der Waals surface area contributed by atoms with Gasteiger partial charge in [0.15, 0.2) is 6.61 Å². The highest BCUT2D eigenvalue weighted by Crippen LogP contribution is 2.33. The molecule has 1 N–H and O–H groups in total. The van der Waals surface area contributed by atoms with Crippen LogP contribution in [0.5, 0.6) is 5.75 Å². The maximum Gasteiger partial charge on any atom is 0.261 e. The molecular formula is C27H27BrCl2N2O3. The molecule has 1 atom stereocenters. The van der Waals surface area contributed by atoms with E-state index in [2.05, 4.69) is 21.2 Å². The van der Waals surface area contributed by atoms with Gasteiger partial charge in [-0.2, -0.15) is 0 Å². The maximum atomic E-state index is 13.4. The first-order chi connectivity index (χ1) is 16.8. The topological polar surface area (TPSA) is 58.6 Å². The Bertz CT molecular complexity index is 1230. The first-order valence-electron chi connectivity index (χ1n) is 11.7. The number of amides is 2. The lowest BCUT2D eigenvalue weighted by Crippen LogP contribution is -2.50. The Balaban J connectivity index is 1.52. The minimum Gasteiger partial charge on any atom is -0.483 e. The molecule has 0 radical (unpaired) electrons. The lowest BCUT2D eigenvalue weighted by atomic mass is 10.1. The largest absolute Gasteiger partial charge is 0.483 e. The summed E-state index contributed by atoms with van der Waals surface area (Å²) >= 11 is 15.9. The molecule has 0 aliphatic heterocycles. The van der Waals surface area contributed by atoms with Crippen LogP contribution in [0.4, 0.5) is 0 Å². The average Bonchev–Trinajstić information content (AvgIpc) is 3.37. The number of fused-ring (bicyclic) bond motifs is 1. The van der Waals surface area contributed by atoms with E-state index in [-0.39, 0.29) is 31.0 Å². The molecule has 184 valence electrons. The zero-order valence-corrected chi connectivity index (χ0v) is 22.5. The van der Waals surface area contributed by atoms with Crippen molar-refractivity contribution in [2.45, 2.75) is 51.2 Å². The highest BCUT2D eigenvalue weighted by atomic mass is 79.9. The van der Waals surface area contributed by atoms with Gasteiger partial charge in [0.2, 0.25) is 5.91 Å². The Morgan fingerprint density at radius 3 is 2.57 bits per heavy atom. The van der Waals surface area contributed by atoms with E-state index in [0.29, 0.717) is 15.8 Å². The maximum absolute atomic E-state index is 13.4. The summed E-state index contributed by atoms with van der Waals surface area (Å²) in [6, 6.07) is 16.4. The monoisotopic (exact) mass is 576 g/mol. The van der Waals surface area contributed by atoms with E-state index >= 15 is 0 Å². The normalized spacial score (nSPS) is 14.6. The van der Waals surface area contributed by atoms with Crippen molar-refractivity contribution in [2.75, 3.05) is 6.61 Å². The first kappa shape index (κ1) is 25.8. The highest BCUT2D eigenvalue weighted by Gasteiger charge is 2.29. The van der Waals surface area contributed by atoms with Crippen LogP contribution in [0.1, 0.15) is 38.2 Å². The van der Waals surface area contributed by atoms with Crippen LogP contribution < -0.4 is 10.1 Å². The molecule has 3 aromatic carbocycles. The summed E-state index contributed by atoms with van der Waals surface area (Å²) in [6.07, 6.45) is 4.16. The number of carbonyl (C=O) groups excluding carboxylic acids is 2. The molecule has 35 heavy (non-hydrogen) atoms. The van der Waals surface area contributed by atoms with Gasteiger partial charge < -0.3 is 15.0 Å². The molecule has 5 nitrogen and oxygen atoms in total. The van der Waals surface area contributed by atoms with E-state index in [0.717, 1.165) is 46.5 Å². The predicted octanol–water partition coefficient (Wildman–Crippen LogP) is 6.76. The second-order valence-electron chi connectivity index (χ2n) is 8.82. The number of nitrogens with one attached hydrogen (secondary N) is 1. The molecule has 0 unspecified atom stereocenters. The molecule has 1 saturated carbocycles. The van der Waals surface area contributed by atoms with Crippen LogP contribution in [0.25, 0.3) is 10.8 Å². The second-order valence-corrected chi connectivity index (χ2v) is 10.4. The third-order valence-corrected chi connectivity index (χ3v) is 7.94. The molecule has 4 rings (SSSR count). The molecule has 0 spiro atoms. The quantitative estimate of drug-likeness (QED) is 0.321. The number of carbonyl (C=O) groups is 2. The first-order valence-corrected chi connectivity index (χ1v) is 13.2. The smallest absolute Gasteiger partial charge is 0.261 e. The lowest BCUT2D eigenvalue weighted by molar-refractivity contribution is -0.142. The minimum absolute atomic E-state index is 0.164. The minimum atomic E-state index is -0.679. The second kappa shape index (κ2) is 11.6. The van der Waals surface area contributed by atoms with Gasteiger partial charge in [0, 0.05) is 12.6 Å². The molecular weight excluding hydrogens is 551 g/mol. The van der Waals surface area contributed by atoms with Crippen LogP contribution in [0.15, 0.2) is 59.1 Å². The molecule has 1 fully saturated rings. The third kappa shape index (κ3) is 6.29. The Kier molecular flexibility index (Phi) is 8.58. The number of hydrogen-bond acceptors (Lipinski definition) is 3. The summed E-state index contributed by atoms with van der Waals surface area (Å²) in [5.74, 6) is 0.0944. The van der Waals surface area contributed by atoms with Crippen LogP contribution in [0, 0.1) is 0 Å². The van der Waals surface area contributed by atoms with Crippen LogP contribution in [-0.4, -0.2) is 35.4 Å². The fourth-order valence-corrected chi connectivity index (χ4v) is 5.29. The number of nitrogens with zero attached hydrogens (tertiary/aromatic N) is 1. The summed E-state index contributed by atoms with van der Waals surface area (Å²) in [6.45, 7) is 1.74. The van der Waals surface area contributed by atoms with Crippen molar-refractivity contribution < 1.29 is 14.3 Å². The average molecular weight is 578 g/mol. The summed E-state index contributed by atoms with van der Waals surface area (Å²) in [5.41, 5.74) is 0.778. The van der Waals surface area contributed by atoms with Crippen molar-refractivity contribution in [3.05, 3.63) is 74.7 Å². The molecule has 2 amide bonds. The summed E-state index contributed by atoms with van der Waals surface area (Å²) in [7, 11) is 0. The molecule has 0 bridgehead atoms. The third-order valence-electron chi connectivity index (χ3n) is 6.38. The van der Waals surface area contributed by atoms with Gasteiger partial charge in [-0.1, -0.05) is 72.4 Å². The van der Waals surface area contributed by atoms with Gasteiger partial charge in [-0.15, -0.1) is 0 Å². The summed E-state index contributed by atoms with van der Waals surface area (Å²) in [4.78, 5) is 27.9. The Morgan fingerprint density at radius 2 is 1.83 bits per heavy atom. The zero-order valence-electron chi connectivity index (χ0n) is 19.4. The van der Waals surface area contributed by atoms with Crippen LogP contribution >= 0.6 is 39.1 Å². The van der Waals surface area contributed by atoms with Crippen molar-refractivity contribution in [3.8, 4) is 5.75 Å². The summed E-state index contributed by atoms with van der Waals surface area (Å²) in [5, 5.41) is 5.99. The van der Waals surface area contributed by atoms with Crippen molar-refractivity contribution in [2.24, 2.45) is 0 Å². The highest BCUT2D eigenvalue weighted by molar-refractivity contribution is 9.10.